The summed E-state index contributed by atoms with van der Waals surface area (Å²) in [7, 11) is 0. The molecule has 0 atom stereocenters. The predicted octanol–water partition coefficient (Wildman–Crippen LogP) is 4.79. The molecule has 1 N–H and O–H groups in total. The van der Waals surface area contributed by atoms with Crippen LogP contribution in [0.1, 0.15) is 16.1 Å². The Bertz CT molecular complexity index is 841. The number of rotatable bonds is 2. The SMILES string of the molecule is Cc1c(C(=O)Nc2cc(Cl)ccc2F)oc2ccccc12. The van der Waals surface area contributed by atoms with Crippen LogP contribution in [0, 0.1) is 12.7 Å². The van der Waals surface area contributed by atoms with E-state index in [4.69, 9.17) is 16.0 Å². The van der Waals surface area contributed by atoms with Crippen LogP contribution in [0.5, 0.6) is 0 Å². The zero-order valence-corrected chi connectivity index (χ0v) is 11.9. The summed E-state index contributed by atoms with van der Waals surface area (Å²) in [4.78, 5) is 12.3. The average molecular weight is 304 g/mol. The van der Waals surface area contributed by atoms with Crippen LogP contribution in [0.15, 0.2) is 46.9 Å². The summed E-state index contributed by atoms with van der Waals surface area (Å²) < 4.78 is 19.2. The highest BCUT2D eigenvalue weighted by Crippen LogP contribution is 2.26. The van der Waals surface area contributed by atoms with Crippen LogP contribution in [0.2, 0.25) is 5.02 Å². The molecule has 0 saturated heterocycles. The van der Waals surface area contributed by atoms with Crippen LogP contribution in [0.3, 0.4) is 0 Å². The molecule has 0 spiro atoms. The molecule has 1 amide bonds. The maximum atomic E-state index is 13.6. The molecular weight excluding hydrogens is 293 g/mol. The van der Waals surface area contributed by atoms with Gasteiger partial charge in [0.2, 0.25) is 0 Å². The van der Waals surface area contributed by atoms with E-state index in [-0.39, 0.29) is 11.4 Å². The number of carbonyl (C=O) groups excluding carboxylic acids is 1. The van der Waals surface area contributed by atoms with Crippen LogP contribution in [-0.4, -0.2) is 5.91 Å². The number of nitrogens with one attached hydrogen (secondary N) is 1. The first-order valence-electron chi connectivity index (χ1n) is 6.31. The summed E-state index contributed by atoms with van der Waals surface area (Å²) in [5.41, 5.74) is 1.35. The molecule has 0 fully saturated rings. The summed E-state index contributed by atoms with van der Waals surface area (Å²) in [6.45, 7) is 1.79. The van der Waals surface area contributed by atoms with Gasteiger partial charge < -0.3 is 9.73 Å². The summed E-state index contributed by atoms with van der Waals surface area (Å²) in [6.07, 6.45) is 0. The van der Waals surface area contributed by atoms with Crippen LogP contribution in [-0.2, 0) is 0 Å². The van der Waals surface area contributed by atoms with Crippen LogP contribution in [0.25, 0.3) is 11.0 Å². The monoisotopic (exact) mass is 303 g/mol. The summed E-state index contributed by atoms with van der Waals surface area (Å²) in [5, 5.41) is 3.67. The number of benzene rings is 2. The molecule has 3 nitrogen and oxygen atoms in total. The molecule has 5 heteroatoms. The van der Waals surface area contributed by atoms with Crippen LogP contribution in [0.4, 0.5) is 10.1 Å². The van der Waals surface area contributed by atoms with E-state index in [1.165, 1.54) is 18.2 Å². The van der Waals surface area contributed by atoms with Gasteiger partial charge in [0.05, 0.1) is 5.69 Å². The number of hydrogen-bond donors (Lipinski definition) is 1. The lowest BCUT2D eigenvalue weighted by molar-refractivity contribution is 0.0997. The van der Waals surface area contributed by atoms with Crippen molar-refractivity contribution in [2.75, 3.05) is 5.32 Å². The zero-order valence-electron chi connectivity index (χ0n) is 11.1. The average Bonchev–Trinajstić information content (AvgIpc) is 2.81. The van der Waals surface area contributed by atoms with Crippen molar-refractivity contribution in [2.45, 2.75) is 6.92 Å². The van der Waals surface area contributed by atoms with E-state index in [0.717, 1.165) is 5.39 Å². The second-order valence-electron chi connectivity index (χ2n) is 4.63. The fourth-order valence-corrected chi connectivity index (χ4v) is 2.34. The predicted molar refractivity (Wildman–Crippen MR) is 80.3 cm³/mol. The highest BCUT2D eigenvalue weighted by atomic mass is 35.5. The van der Waals surface area contributed by atoms with Gasteiger partial charge in [0.25, 0.3) is 5.91 Å². The topological polar surface area (TPSA) is 42.2 Å². The van der Waals surface area contributed by atoms with E-state index in [1.54, 1.807) is 13.0 Å². The van der Waals surface area contributed by atoms with Crippen molar-refractivity contribution < 1.29 is 13.6 Å². The largest absolute Gasteiger partial charge is 0.451 e. The van der Waals surface area contributed by atoms with Crippen molar-refractivity contribution in [3.8, 4) is 0 Å². The van der Waals surface area contributed by atoms with E-state index in [2.05, 4.69) is 5.32 Å². The van der Waals surface area contributed by atoms with Crippen molar-refractivity contribution >= 4 is 34.2 Å². The van der Waals surface area contributed by atoms with E-state index >= 15 is 0 Å². The maximum Gasteiger partial charge on any atom is 0.291 e. The lowest BCUT2D eigenvalue weighted by Gasteiger charge is -2.05. The van der Waals surface area contributed by atoms with E-state index in [0.29, 0.717) is 16.2 Å². The number of furan rings is 1. The molecular formula is C16H11ClFNO2. The molecule has 0 aliphatic carbocycles. The third-order valence-electron chi connectivity index (χ3n) is 3.23. The lowest BCUT2D eigenvalue weighted by Crippen LogP contribution is -2.13. The quantitative estimate of drug-likeness (QED) is 0.740. The second kappa shape index (κ2) is 5.22. The van der Waals surface area contributed by atoms with Gasteiger partial charge in [-0.2, -0.15) is 0 Å². The molecule has 0 aliphatic heterocycles. The van der Waals surface area contributed by atoms with Gasteiger partial charge in [-0.05, 0) is 31.2 Å². The molecule has 0 radical (unpaired) electrons. The van der Waals surface area contributed by atoms with Crippen molar-refractivity contribution in [1.82, 2.24) is 0 Å². The van der Waals surface area contributed by atoms with E-state index in [9.17, 15) is 9.18 Å². The summed E-state index contributed by atoms with van der Waals surface area (Å²) in [6, 6.07) is 11.3. The Morgan fingerprint density at radius 2 is 2.00 bits per heavy atom. The van der Waals surface area contributed by atoms with E-state index in [1.807, 2.05) is 18.2 Å². The first-order valence-corrected chi connectivity index (χ1v) is 6.68. The molecule has 21 heavy (non-hydrogen) atoms. The Morgan fingerprint density at radius 1 is 1.24 bits per heavy atom. The number of amides is 1. The van der Waals surface area contributed by atoms with Crippen LogP contribution < -0.4 is 5.32 Å². The standard InChI is InChI=1S/C16H11ClFNO2/c1-9-11-4-2-3-5-14(11)21-15(9)16(20)19-13-8-10(17)6-7-12(13)18/h2-8H,1H3,(H,19,20). The molecule has 0 aliphatic rings. The Hall–Kier alpha value is -2.33. The number of anilines is 1. The number of hydrogen-bond acceptors (Lipinski definition) is 2. The first kappa shape index (κ1) is 13.6. The lowest BCUT2D eigenvalue weighted by atomic mass is 10.1. The number of aryl methyl sites for hydroxylation is 1. The Balaban J connectivity index is 1.97. The number of para-hydroxylation sites is 1. The molecule has 0 saturated carbocycles. The van der Waals surface area contributed by atoms with Crippen molar-refractivity contribution in [1.29, 1.82) is 0 Å². The minimum Gasteiger partial charge on any atom is -0.451 e. The van der Waals surface area contributed by atoms with Crippen molar-refractivity contribution in [2.24, 2.45) is 0 Å². The molecule has 1 aromatic heterocycles. The molecule has 0 unspecified atom stereocenters. The highest BCUT2D eigenvalue weighted by Gasteiger charge is 2.18. The molecule has 0 bridgehead atoms. The van der Waals surface area contributed by atoms with Gasteiger partial charge in [0.1, 0.15) is 11.4 Å². The van der Waals surface area contributed by atoms with Gasteiger partial charge in [-0.3, -0.25) is 4.79 Å². The van der Waals surface area contributed by atoms with Gasteiger partial charge in [0, 0.05) is 16.0 Å². The molecule has 106 valence electrons. The minimum absolute atomic E-state index is 0.0207. The number of fused-ring (bicyclic) bond motifs is 1. The Morgan fingerprint density at radius 3 is 2.76 bits per heavy atom. The fourth-order valence-electron chi connectivity index (χ4n) is 2.16. The maximum absolute atomic E-state index is 13.6. The van der Waals surface area contributed by atoms with Gasteiger partial charge in [-0.25, -0.2) is 4.39 Å². The Kier molecular flexibility index (Phi) is 3.39. The normalized spacial score (nSPS) is 10.8. The van der Waals surface area contributed by atoms with Gasteiger partial charge >= 0.3 is 0 Å². The minimum atomic E-state index is -0.554. The van der Waals surface area contributed by atoms with Gasteiger partial charge in [-0.1, -0.05) is 29.8 Å². The molecule has 3 aromatic rings. The van der Waals surface area contributed by atoms with Crippen LogP contribution >= 0.6 is 11.6 Å². The number of carbonyl (C=O) groups is 1. The van der Waals surface area contributed by atoms with Crippen molar-refractivity contribution in [3.05, 3.63) is 64.6 Å². The summed E-state index contributed by atoms with van der Waals surface area (Å²) >= 11 is 5.80. The van der Waals surface area contributed by atoms with Gasteiger partial charge in [-0.15, -0.1) is 0 Å². The smallest absolute Gasteiger partial charge is 0.291 e. The van der Waals surface area contributed by atoms with Crippen molar-refractivity contribution in [3.63, 3.8) is 0 Å². The van der Waals surface area contributed by atoms with Gasteiger partial charge in [0.15, 0.2) is 5.76 Å². The van der Waals surface area contributed by atoms with E-state index < -0.39 is 11.7 Å². The zero-order chi connectivity index (χ0) is 15.0. The number of halogens is 2. The third-order valence-corrected chi connectivity index (χ3v) is 3.46. The molecule has 1 heterocycles. The summed E-state index contributed by atoms with van der Waals surface area (Å²) in [5.74, 6) is -0.901. The fraction of sp³-hybridized carbons (Fsp3) is 0.0625. The first-order chi connectivity index (χ1) is 10.1. The highest BCUT2D eigenvalue weighted by molar-refractivity contribution is 6.31. The Labute approximate surface area is 125 Å². The third kappa shape index (κ3) is 2.50. The molecule has 3 rings (SSSR count). The molecule has 2 aromatic carbocycles. The second-order valence-corrected chi connectivity index (χ2v) is 5.07.